The molecule has 0 heterocycles. The number of rotatable bonds is 3. The third kappa shape index (κ3) is 2.82. The topological polar surface area (TPSA) is 17.1 Å². The van der Waals surface area contributed by atoms with Gasteiger partial charge >= 0.3 is 0 Å². The van der Waals surface area contributed by atoms with E-state index in [1.165, 1.54) is 0 Å². The lowest BCUT2D eigenvalue weighted by atomic mass is 10.0. The molecule has 1 nitrogen and oxygen atoms in total. The van der Waals surface area contributed by atoms with Crippen LogP contribution in [0.1, 0.15) is 10.4 Å². The van der Waals surface area contributed by atoms with E-state index in [9.17, 15) is 4.79 Å². The number of carbonyl (C=O) groups excluding carboxylic acids is 1. The number of hydrogen-bond donors (Lipinski definition) is 0. The summed E-state index contributed by atoms with van der Waals surface area (Å²) in [5, 5.41) is 0. The van der Waals surface area contributed by atoms with Gasteiger partial charge in [0.1, 0.15) is 0 Å². The van der Waals surface area contributed by atoms with Gasteiger partial charge in [0.15, 0.2) is 5.78 Å². The van der Waals surface area contributed by atoms with Crippen molar-refractivity contribution in [2.45, 2.75) is 0 Å². The highest BCUT2D eigenvalue weighted by atomic mass is 127. The first kappa shape index (κ1) is 12.0. The van der Waals surface area contributed by atoms with Gasteiger partial charge in [0.2, 0.25) is 0 Å². The molecule has 0 saturated carbocycles. The molecule has 84 valence electrons. The minimum Gasteiger partial charge on any atom is -0.288 e. The van der Waals surface area contributed by atoms with Gasteiger partial charge in [-0.25, -0.2) is 0 Å². The van der Waals surface area contributed by atoms with Gasteiger partial charge in [-0.2, -0.15) is 0 Å². The van der Waals surface area contributed by atoms with Crippen molar-refractivity contribution in [3.8, 4) is 11.1 Å². The molecule has 0 aromatic heterocycles. The number of halogens is 1. The van der Waals surface area contributed by atoms with Gasteiger partial charge in [-0.3, -0.25) is 4.79 Å². The van der Waals surface area contributed by atoms with Crippen LogP contribution in [0.5, 0.6) is 0 Å². The molecule has 2 aromatic rings. The Morgan fingerprint density at radius 3 is 1.94 bits per heavy atom. The van der Waals surface area contributed by atoms with Gasteiger partial charge in [-0.05, 0) is 33.7 Å². The molecule has 0 bridgehead atoms. The molecule has 17 heavy (non-hydrogen) atoms. The highest BCUT2D eigenvalue weighted by Gasteiger charge is 2.07. The van der Waals surface area contributed by atoms with E-state index in [0.29, 0.717) is 9.14 Å². The second-order valence-corrected chi connectivity index (χ2v) is 4.98. The Kier molecular flexibility index (Phi) is 3.74. The second kappa shape index (κ2) is 5.27. The Balaban J connectivity index is 2.31. The monoisotopic (exact) mass is 334 g/mol. The van der Waals surface area contributed by atoms with Crippen LogP contribution in [0.15, 0.2) is 64.8 Å². The molecule has 0 fully saturated rings. The number of hydrogen-bond acceptors (Lipinski definition) is 1. The molecule has 0 aliphatic carbocycles. The molecular formula is C15H11IO. The van der Waals surface area contributed by atoms with Gasteiger partial charge in [-0.1, -0.05) is 61.2 Å². The number of ketones is 1. The summed E-state index contributed by atoms with van der Waals surface area (Å²) in [4.78, 5) is 11.7. The predicted molar refractivity (Wildman–Crippen MR) is 79.4 cm³/mol. The van der Waals surface area contributed by atoms with Crippen molar-refractivity contribution in [2.75, 3.05) is 0 Å². The van der Waals surface area contributed by atoms with E-state index in [2.05, 4.69) is 6.58 Å². The molecule has 0 atom stereocenters. The lowest BCUT2D eigenvalue weighted by Crippen LogP contribution is -1.96. The minimum absolute atomic E-state index is 0.00906. The molecule has 0 aliphatic rings. The first-order valence-corrected chi connectivity index (χ1v) is 6.31. The van der Waals surface area contributed by atoms with E-state index in [0.717, 1.165) is 11.1 Å². The number of allylic oxidation sites excluding steroid dienone is 1. The number of benzene rings is 2. The molecule has 0 saturated heterocycles. The predicted octanol–water partition coefficient (Wildman–Crippen LogP) is 4.49. The third-order valence-electron chi connectivity index (χ3n) is 2.50. The fourth-order valence-corrected chi connectivity index (χ4v) is 1.91. The Bertz CT molecular complexity index is 541. The number of Topliss-reactive ketones (excluding diaryl/α,β-unsaturated/α-hetero) is 1. The molecule has 2 aromatic carbocycles. The summed E-state index contributed by atoms with van der Waals surface area (Å²) >= 11 is 1.95. The van der Waals surface area contributed by atoms with Crippen LogP contribution in [0.25, 0.3) is 11.1 Å². The molecule has 0 N–H and O–H groups in total. The molecule has 0 amide bonds. The Morgan fingerprint density at radius 1 is 0.882 bits per heavy atom. The van der Waals surface area contributed by atoms with E-state index in [4.69, 9.17) is 0 Å². The van der Waals surface area contributed by atoms with Crippen molar-refractivity contribution >= 4 is 28.4 Å². The van der Waals surface area contributed by atoms with Crippen LogP contribution < -0.4 is 0 Å². The van der Waals surface area contributed by atoms with Crippen molar-refractivity contribution in [3.63, 3.8) is 0 Å². The maximum absolute atomic E-state index is 11.7. The van der Waals surface area contributed by atoms with Crippen molar-refractivity contribution < 1.29 is 4.79 Å². The summed E-state index contributed by atoms with van der Waals surface area (Å²) in [6, 6.07) is 17.7. The van der Waals surface area contributed by atoms with Crippen LogP contribution in [0.4, 0.5) is 0 Å². The summed E-state index contributed by atoms with van der Waals surface area (Å²) in [6.45, 7) is 3.65. The molecular weight excluding hydrogens is 323 g/mol. The highest BCUT2D eigenvalue weighted by Crippen LogP contribution is 2.20. The minimum atomic E-state index is -0.00906. The third-order valence-corrected chi connectivity index (χ3v) is 2.99. The first-order valence-electron chi connectivity index (χ1n) is 5.23. The van der Waals surface area contributed by atoms with Crippen LogP contribution in [-0.4, -0.2) is 5.78 Å². The average Bonchev–Trinajstić information content (AvgIpc) is 2.39. The fraction of sp³-hybridized carbons (Fsp3) is 0. The zero-order valence-corrected chi connectivity index (χ0v) is 11.3. The summed E-state index contributed by atoms with van der Waals surface area (Å²) in [5.74, 6) is -0.00906. The molecule has 0 radical (unpaired) electrons. The van der Waals surface area contributed by atoms with Gasteiger partial charge in [0.05, 0.1) is 3.58 Å². The molecule has 2 heteroatoms. The second-order valence-electron chi connectivity index (χ2n) is 3.68. The Morgan fingerprint density at radius 2 is 1.41 bits per heavy atom. The Labute approximate surface area is 114 Å². The smallest absolute Gasteiger partial charge is 0.198 e. The van der Waals surface area contributed by atoms with Crippen LogP contribution in [0.3, 0.4) is 0 Å². The van der Waals surface area contributed by atoms with E-state index >= 15 is 0 Å². The van der Waals surface area contributed by atoms with E-state index < -0.39 is 0 Å². The number of carbonyl (C=O) groups is 1. The van der Waals surface area contributed by atoms with Crippen molar-refractivity contribution in [2.24, 2.45) is 0 Å². The molecule has 0 unspecified atom stereocenters. The lowest BCUT2D eigenvalue weighted by molar-refractivity contribution is 0.104. The SMILES string of the molecule is C=C(I)C(=O)c1ccc(-c2ccccc2)cc1. The van der Waals surface area contributed by atoms with Crippen molar-refractivity contribution in [3.05, 3.63) is 70.3 Å². The summed E-state index contributed by atoms with van der Waals surface area (Å²) in [6.07, 6.45) is 0. The maximum atomic E-state index is 11.7. The zero-order valence-electron chi connectivity index (χ0n) is 9.19. The van der Waals surface area contributed by atoms with E-state index in [1.807, 2.05) is 77.2 Å². The van der Waals surface area contributed by atoms with Crippen molar-refractivity contribution in [1.29, 1.82) is 0 Å². The van der Waals surface area contributed by atoms with Crippen LogP contribution in [0, 0.1) is 0 Å². The van der Waals surface area contributed by atoms with Gasteiger partial charge in [0.25, 0.3) is 0 Å². The van der Waals surface area contributed by atoms with Crippen LogP contribution >= 0.6 is 22.6 Å². The van der Waals surface area contributed by atoms with Gasteiger partial charge in [-0.15, -0.1) is 0 Å². The fourth-order valence-electron chi connectivity index (χ4n) is 1.60. The van der Waals surface area contributed by atoms with Gasteiger partial charge in [0, 0.05) is 5.56 Å². The molecule has 2 rings (SSSR count). The normalized spacial score (nSPS) is 9.94. The van der Waals surface area contributed by atoms with E-state index in [-0.39, 0.29) is 5.78 Å². The largest absolute Gasteiger partial charge is 0.288 e. The standard InChI is InChI=1S/C15H11IO/c1-11(16)15(17)14-9-7-13(8-10-14)12-5-3-2-4-6-12/h2-10H,1H2. The van der Waals surface area contributed by atoms with Crippen molar-refractivity contribution in [1.82, 2.24) is 0 Å². The summed E-state index contributed by atoms with van der Waals surface area (Å²) in [5.41, 5.74) is 2.95. The summed E-state index contributed by atoms with van der Waals surface area (Å²) < 4.78 is 0.537. The van der Waals surface area contributed by atoms with E-state index in [1.54, 1.807) is 0 Å². The molecule has 0 aliphatic heterocycles. The van der Waals surface area contributed by atoms with Crippen LogP contribution in [0.2, 0.25) is 0 Å². The first-order chi connectivity index (χ1) is 8.18. The summed E-state index contributed by atoms with van der Waals surface area (Å²) in [7, 11) is 0. The average molecular weight is 334 g/mol. The van der Waals surface area contributed by atoms with Gasteiger partial charge < -0.3 is 0 Å². The lowest BCUT2D eigenvalue weighted by Gasteiger charge is -2.03. The molecule has 0 spiro atoms. The van der Waals surface area contributed by atoms with Crippen LogP contribution in [-0.2, 0) is 0 Å². The maximum Gasteiger partial charge on any atom is 0.198 e. The quantitative estimate of drug-likeness (QED) is 0.459. The zero-order chi connectivity index (χ0) is 12.3. The Hall–Kier alpha value is -1.42. The highest BCUT2D eigenvalue weighted by molar-refractivity contribution is 14.1.